The van der Waals surface area contributed by atoms with E-state index in [-0.39, 0.29) is 5.69 Å². The number of pyridine rings is 1. The first-order valence-electron chi connectivity index (χ1n) is 7.12. The van der Waals surface area contributed by atoms with Crippen LogP contribution in [-0.4, -0.2) is 16.0 Å². The second-order valence-corrected chi connectivity index (χ2v) is 4.80. The van der Waals surface area contributed by atoms with Crippen LogP contribution in [0.1, 0.15) is 18.9 Å². The van der Waals surface area contributed by atoms with Crippen LogP contribution >= 0.6 is 0 Å². The monoisotopic (exact) mass is 312 g/mol. The average molecular weight is 312 g/mol. The summed E-state index contributed by atoms with van der Waals surface area (Å²) in [5.74, 6) is 1.18. The number of aromatic nitrogens is 1. The first kappa shape index (κ1) is 16.2. The van der Waals surface area contributed by atoms with Crippen LogP contribution in [0.2, 0.25) is 0 Å². The van der Waals surface area contributed by atoms with Gasteiger partial charge in [0.05, 0.1) is 4.92 Å². The number of ether oxygens (including phenoxy) is 1. The van der Waals surface area contributed by atoms with Gasteiger partial charge in [0.1, 0.15) is 23.8 Å². The Morgan fingerprint density at radius 1 is 1.43 bits per heavy atom. The molecular formula is C16H16N4O3. The Kier molecular flexibility index (Phi) is 5.47. The van der Waals surface area contributed by atoms with Gasteiger partial charge in [-0.05, 0) is 30.2 Å². The van der Waals surface area contributed by atoms with Crippen LogP contribution in [0.5, 0.6) is 5.75 Å². The van der Waals surface area contributed by atoms with Gasteiger partial charge < -0.3 is 10.1 Å². The van der Waals surface area contributed by atoms with E-state index in [1.807, 2.05) is 25.1 Å². The quantitative estimate of drug-likeness (QED) is 0.622. The number of nitro groups is 1. The molecule has 0 saturated heterocycles. The molecule has 1 aromatic heterocycles. The smallest absolute Gasteiger partial charge is 0.287 e. The van der Waals surface area contributed by atoms with Gasteiger partial charge in [-0.2, -0.15) is 5.26 Å². The fraction of sp³-hybridized carbons (Fsp3) is 0.250. The van der Waals surface area contributed by atoms with E-state index < -0.39 is 11.0 Å². The molecule has 0 saturated carbocycles. The van der Waals surface area contributed by atoms with Gasteiger partial charge in [0.25, 0.3) is 5.69 Å². The fourth-order valence-electron chi connectivity index (χ4n) is 1.89. The maximum absolute atomic E-state index is 10.6. The summed E-state index contributed by atoms with van der Waals surface area (Å²) in [5, 5.41) is 22.6. The first-order chi connectivity index (χ1) is 11.1. The number of hydrogen-bond donors (Lipinski definition) is 1. The van der Waals surface area contributed by atoms with Crippen molar-refractivity contribution in [1.29, 1.82) is 5.26 Å². The Labute approximate surface area is 133 Å². The molecule has 1 aromatic carbocycles. The molecule has 0 fully saturated rings. The van der Waals surface area contributed by atoms with Crippen LogP contribution in [-0.2, 0) is 6.54 Å². The van der Waals surface area contributed by atoms with Gasteiger partial charge >= 0.3 is 0 Å². The molecule has 118 valence electrons. The van der Waals surface area contributed by atoms with E-state index in [1.54, 1.807) is 12.1 Å². The lowest BCUT2D eigenvalue weighted by Crippen LogP contribution is -2.12. The Hall–Kier alpha value is -3.14. The zero-order chi connectivity index (χ0) is 16.7. The van der Waals surface area contributed by atoms with Crippen molar-refractivity contribution in [2.75, 3.05) is 5.32 Å². The summed E-state index contributed by atoms with van der Waals surface area (Å²) in [6.07, 6.45) is 1.36. The molecule has 1 unspecified atom stereocenters. The maximum atomic E-state index is 10.6. The van der Waals surface area contributed by atoms with E-state index in [2.05, 4.69) is 16.4 Å². The standard InChI is InChI=1S/C16H16N4O3/c1-2-14(9-17)23-15-5-3-4-12(8-15)10-18-16-7-6-13(11-19-16)20(21)22/h3-8,11,14H,2,10H2,1H3,(H,18,19). The van der Waals surface area contributed by atoms with Crippen molar-refractivity contribution < 1.29 is 9.66 Å². The maximum Gasteiger partial charge on any atom is 0.287 e. The van der Waals surface area contributed by atoms with Crippen LogP contribution < -0.4 is 10.1 Å². The summed E-state index contributed by atoms with van der Waals surface area (Å²) < 4.78 is 5.57. The number of anilines is 1. The largest absolute Gasteiger partial charge is 0.476 e. The molecule has 1 N–H and O–H groups in total. The number of nitrogens with one attached hydrogen (secondary N) is 1. The van der Waals surface area contributed by atoms with Crippen molar-refractivity contribution in [3.63, 3.8) is 0 Å². The number of nitriles is 1. The summed E-state index contributed by atoms with van der Waals surface area (Å²) in [4.78, 5) is 14.1. The lowest BCUT2D eigenvalue weighted by atomic mass is 10.2. The zero-order valence-electron chi connectivity index (χ0n) is 12.6. The Morgan fingerprint density at radius 2 is 2.26 bits per heavy atom. The summed E-state index contributed by atoms with van der Waals surface area (Å²) in [6.45, 7) is 2.38. The molecule has 0 aliphatic carbocycles. The van der Waals surface area contributed by atoms with E-state index >= 15 is 0 Å². The molecule has 0 aliphatic rings. The van der Waals surface area contributed by atoms with Crippen LogP contribution in [0, 0.1) is 21.4 Å². The molecule has 0 spiro atoms. The highest BCUT2D eigenvalue weighted by Gasteiger charge is 2.07. The molecule has 2 aromatic rings. The minimum absolute atomic E-state index is 0.0481. The van der Waals surface area contributed by atoms with E-state index in [1.165, 1.54) is 12.3 Å². The second kappa shape index (κ2) is 7.75. The number of rotatable bonds is 7. The summed E-state index contributed by atoms with van der Waals surface area (Å²) in [7, 11) is 0. The summed E-state index contributed by atoms with van der Waals surface area (Å²) in [6, 6.07) is 12.4. The van der Waals surface area contributed by atoms with Gasteiger partial charge in [0, 0.05) is 12.6 Å². The molecular weight excluding hydrogens is 296 g/mol. The Bertz CT molecular complexity index is 710. The van der Waals surface area contributed by atoms with Crippen molar-refractivity contribution >= 4 is 11.5 Å². The molecule has 1 atom stereocenters. The Morgan fingerprint density at radius 3 is 2.87 bits per heavy atom. The average Bonchev–Trinajstić information content (AvgIpc) is 2.58. The van der Waals surface area contributed by atoms with Crippen molar-refractivity contribution in [1.82, 2.24) is 4.98 Å². The topological polar surface area (TPSA) is 101 Å². The third kappa shape index (κ3) is 4.68. The highest BCUT2D eigenvalue weighted by molar-refractivity contribution is 5.41. The van der Waals surface area contributed by atoms with E-state index in [0.717, 1.165) is 5.56 Å². The van der Waals surface area contributed by atoms with Crippen molar-refractivity contribution in [2.45, 2.75) is 26.0 Å². The lowest BCUT2D eigenvalue weighted by Gasteiger charge is -2.12. The van der Waals surface area contributed by atoms with Gasteiger partial charge in [-0.1, -0.05) is 19.1 Å². The number of hydrogen-bond acceptors (Lipinski definition) is 6. The molecule has 7 heteroatoms. The molecule has 0 aliphatic heterocycles. The minimum atomic E-state index is -0.489. The van der Waals surface area contributed by atoms with Crippen LogP contribution in [0.4, 0.5) is 11.5 Å². The minimum Gasteiger partial charge on any atom is -0.476 e. The SMILES string of the molecule is CCC(C#N)Oc1cccc(CNc2ccc([N+](=O)[O-])cn2)c1. The normalized spacial score (nSPS) is 11.3. The van der Waals surface area contributed by atoms with E-state index in [4.69, 9.17) is 10.00 Å². The van der Waals surface area contributed by atoms with Crippen LogP contribution in [0.25, 0.3) is 0 Å². The van der Waals surface area contributed by atoms with Gasteiger partial charge in [-0.3, -0.25) is 10.1 Å². The van der Waals surface area contributed by atoms with Gasteiger partial charge in [0.15, 0.2) is 6.10 Å². The summed E-state index contributed by atoms with van der Waals surface area (Å²) in [5.41, 5.74) is 0.906. The molecule has 0 bridgehead atoms. The molecule has 0 radical (unpaired) electrons. The number of nitrogens with zero attached hydrogens (tertiary/aromatic N) is 3. The molecule has 23 heavy (non-hydrogen) atoms. The third-order valence-corrected chi connectivity index (χ3v) is 3.12. The van der Waals surface area contributed by atoms with Crippen molar-refractivity contribution in [3.05, 3.63) is 58.3 Å². The van der Waals surface area contributed by atoms with Crippen LogP contribution in [0.15, 0.2) is 42.6 Å². The van der Waals surface area contributed by atoms with Gasteiger partial charge in [-0.25, -0.2) is 4.98 Å². The highest BCUT2D eigenvalue weighted by Crippen LogP contribution is 2.17. The van der Waals surface area contributed by atoms with Crippen LogP contribution in [0.3, 0.4) is 0 Å². The number of benzene rings is 1. The van der Waals surface area contributed by atoms with E-state index in [0.29, 0.717) is 24.5 Å². The molecule has 7 nitrogen and oxygen atoms in total. The molecule has 2 rings (SSSR count). The molecule has 1 heterocycles. The lowest BCUT2D eigenvalue weighted by molar-refractivity contribution is -0.385. The van der Waals surface area contributed by atoms with Crippen molar-refractivity contribution in [2.24, 2.45) is 0 Å². The highest BCUT2D eigenvalue weighted by atomic mass is 16.6. The predicted molar refractivity (Wildman–Crippen MR) is 85.0 cm³/mol. The third-order valence-electron chi connectivity index (χ3n) is 3.12. The zero-order valence-corrected chi connectivity index (χ0v) is 12.6. The molecule has 0 amide bonds. The van der Waals surface area contributed by atoms with E-state index in [9.17, 15) is 10.1 Å². The van der Waals surface area contributed by atoms with Gasteiger partial charge in [0.2, 0.25) is 0 Å². The van der Waals surface area contributed by atoms with Gasteiger partial charge in [-0.15, -0.1) is 0 Å². The van der Waals surface area contributed by atoms with Crippen molar-refractivity contribution in [3.8, 4) is 11.8 Å². The predicted octanol–water partition coefficient (Wildman–Crippen LogP) is 3.28. The first-order valence-corrected chi connectivity index (χ1v) is 7.12. The second-order valence-electron chi connectivity index (χ2n) is 4.80. The summed E-state index contributed by atoms with van der Waals surface area (Å²) >= 11 is 0. The fourth-order valence-corrected chi connectivity index (χ4v) is 1.89. The Balaban J connectivity index is 1.98.